The van der Waals surface area contributed by atoms with Crippen molar-refractivity contribution in [3.63, 3.8) is 0 Å². The summed E-state index contributed by atoms with van der Waals surface area (Å²) in [7, 11) is 0. The number of alkyl halides is 5. The summed E-state index contributed by atoms with van der Waals surface area (Å²) >= 11 is 19.2. The number of hydrogen-bond donors (Lipinski definition) is 0. The quantitative estimate of drug-likeness (QED) is 0.420. The van der Waals surface area contributed by atoms with Crippen LogP contribution < -0.4 is 0 Å². The van der Waals surface area contributed by atoms with Crippen molar-refractivity contribution in [2.45, 2.75) is 21.7 Å². The summed E-state index contributed by atoms with van der Waals surface area (Å²) in [6.45, 7) is 3.73. The Balaban J connectivity index is 2.09. The van der Waals surface area contributed by atoms with Gasteiger partial charge in [-0.05, 0) is 24.6 Å². The van der Waals surface area contributed by atoms with Crippen molar-refractivity contribution < 1.29 is 13.2 Å². The molecule has 1 fully saturated rings. The van der Waals surface area contributed by atoms with Crippen LogP contribution in [0.5, 0.6) is 0 Å². The first-order valence-corrected chi connectivity index (χ1v) is 9.05. The summed E-state index contributed by atoms with van der Waals surface area (Å²) in [4.78, 5) is 0. The van der Waals surface area contributed by atoms with E-state index in [0.717, 1.165) is 24.1 Å². The predicted octanol–water partition coefficient (Wildman–Crippen LogP) is 6.81. The zero-order valence-electron chi connectivity index (χ0n) is 11.8. The molecule has 0 bridgehead atoms. The van der Waals surface area contributed by atoms with Crippen LogP contribution in [0.1, 0.15) is 29.2 Å². The standard InChI is InChI=1S/C15H9Br2Cl2F3N2/c1-2-12-8(9-5-14(9,16)17)6-24(23-12)13-10(18)3-7(4-11(13)19)15(20,21)22/h2-4,6,9H,1,5H2. The maximum atomic E-state index is 12.8. The molecular formula is C15H9Br2Cl2F3N2. The molecule has 1 aromatic carbocycles. The monoisotopic (exact) mass is 502 g/mol. The van der Waals surface area contributed by atoms with E-state index in [1.54, 1.807) is 12.3 Å². The molecule has 1 aliphatic rings. The van der Waals surface area contributed by atoms with Crippen molar-refractivity contribution in [3.8, 4) is 5.69 Å². The minimum Gasteiger partial charge on any atom is -0.237 e. The maximum Gasteiger partial charge on any atom is 0.416 e. The van der Waals surface area contributed by atoms with Gasteiger partial charge in [-0.3, -0.25) is 0 Å². The number of hydrogen-bond acceptors (Lipinski definition) is 1. The molecule has 1 atom stereocenters. The molecule has 1 aliphatic carbocycles. The molecule has 24 heavy (non-hydrogen) atoms. The number of aromatic nitrogens is 2. The molecule has 9 heteroatoms. The van der Waals surface area contributed by atoms with Crippen LogP contribution in [0, 0.1) is 0 Å². The van der Waals surface area contributed by atoms with Gasteiger partial charge in [-0.25, -0.2) is 4.68 Å². The third-order valence-corrected chi connectivity index (χ3v) is 6.07. The summed E-state index contributed by atoms with van der Waals surface area (Å²) in [5.41, 5.74) is 0.842. The van der Waals surface area contributed by atoms with E-state index >= 15 is 0 Å². The zero-order valence-corrected chi connectivity index (χ0v) is 16.5. The Labute approximate surface area is 162 Å². The van der Waals surface area contributed by atoms with E-state index in [2.05, 4.69) is 43.5 Å². The fraction of sp³-hybridized carbons (Fsp3) is 0.267. The molecule has 0 amide bonds. The smallest absolute Gasteiger partial charge is 0.237 e. The first-order chi connectivity index (χ1) is 11.0. The van der Waals surface area contributed by atoms with Gasteiger partial charge in [0.05, 0.1) is 24.5 Å². The average molecular weight is 505 g/mol. The van der Waals surface area contributed by atoms with Crippen molar-refractivity contribution in [2.75, 3.05) is 0 Å². The Kier molecular flexibility index (Phi) is 4.60. The second-order valence-electron chi connectivity index (χ2n) is 5.42. The summed E-state index contributed by atoms with van der Waals surface area (Å²) in [6.07, 6.45) is -0.362. The largest absolute Gasteiger partial charge is 0.416 e. The van der Waals surface area contributed by atoms with Gasteiger partial charge in [0.1, 0.15) is 5.69 Å². The van der Waals surface area contributed by atoms with Crippen LogP contribution in [0.2, 0.25) is 10.0 Å². The number of nitrogens with zero attached hydrogens (tertiary/aromatic N) is 2. The summed E-state index contributed by atoms with van der Waals surface area (Å²) in [5, 5.41) is 4.09. The van der Waals surface area contributed by atoms with Crippen molar-refractivity contribution in [1.29, 1.82) is 0 Å². The van der Waals surface area contributed by atoms with Crippen LogP contribution in [0.15, 0.2) is 24.9 Å². The highest BCUT2D eigenvalue weighted by Crippen LogP contribution is 2.62. The maximum absolute atomic E-state index is 12.8. The molecule has 0 saturated heterocycles. The molecule has 1 unspecified atom stereocenters. The van der Waals surface area contributed by atoms with E-state index in [1.807, 2.05) is 0 Å². The van der Waals surface area contributed by atoms with E-state index in [4.69, 9.17) is 23.2 Å². The van der Waals surface area contributed by atoms with Crippen molar-refractivity contribution >= 4 is 61.1 Å². The molecule has 1 heterocycles. The van der Waals surface area contributed by atoms with Crippen LogP contribution in [0.3, 0.4) is 0 Å². The van der Waals surface area contributed by atoms with E-state index < -0.39 is 11.7 Å². The van der Waals surface area contributed by atoms with Gasteiger partial charge in [0, 0.05) is 17.7 Å². The lowest BCUT2D eigenvalue weighted by Gasteiger charge is -2.12. The van der Waals surface area contributed by atoms with Crippen molar-refractivity contribution in [3.05, 3.63) is 51.8 Å². The normalized spacial score (nSPS) is 19.4. The fourth-order valence-electron chi connectivity index (χ4n) is 2.44. The summed E-state index contributed by atoms with van der Waals surface area (Å²) in [5.74, 6) is 0.172. The highest BCUT2D eigenvalue weighted by Gasteiger charge is 2.52. The zero-order chi connectivity index (χ0) is 17.9. The van der Waals surface area contributed by atoms with E-state index in [0.29, 0.717) is 5.69 Å². The first kappa shape index (κ1) is 18.3. The third-order valence-electron chi connectivity index (χ3n) is 3.74. The molecule has 1 aromatic heterocycles. The van der Waals surface area contributed by atoms with Gasteiger partial charge >= 0.3 is 6.18 Å². The molecule has 0 N–H and O–H groups in total. The molecule has 1 saturated carbocycles. The Morgan fingerprint density at radius 1 is 1.29 bits per heavy atom. The van der Waals surface area contributed by atoms with Gasteiger partial charge in [0.25, 0.3) is 0 Å². The van der Waals surface area contributed by atoms with Crippen LogP contribution in [0.4, 0.5) is 13.2 Å². The average Bonchev–Trinajstić information content (AvgIpc) is 2.91. The molecule has 0 spiro atoms. The first-order valence-electron chi connectivity index (χ1n) is 6.71. The Morgan fingerprint density at radius 2 is 1.83 bits per heavy atom. The summed E-state index contributed by atoms with van der Waals surface area (Å²) in [6, 6.07) is 1.68. The Bertz CT molecular complexity index is 808. The van der Waals surface area contributed by atoms with E-state index in [-0.39, 0.29) is 24.9 Å². The number of halogens is 7. The SMILES string of the molecule is C=Cc1nn(-c2c(Cl)cc(C(F)(F)F)cc2Cl)cc1C1CC1(Br)Br. The third kappa shape index (κ3) is 3.28. The minimum absolute atomic E-state index is 0.126. The van der Waals surface area contributed by atoms with Gasteiger partial charge in [-0.1, -0.05) is 61.6 Å². The Morgan fingerprint density at radius 3 is 2.25 bits per heavy atom. The van der Waals surface area contributed by atoms with Crippen LogP contribution in [0.25, 0.3) is 11.8 Å². The topological polar surface area (TPSA) is 17.8 Å². The molecule has 128 valence electrons. The van der Waals surface area contributed by atoms with E-state index in [1.165, 1.54) is 4.68 Å². The number of rotatable bonds is 3. The summed E-state index contributed by atoms with van der Waals surface area (Å²) < 4.78 is 39.7. The highest BCUT2D eigenvalue weighted by molar-refractivity contribution is 9.25. The van der Waals surface area contributed by atoms with Gasteiger partial charge in [-0.2, -0.15) is 18.3 Å². The van der Waals surface area contributed by atoms with Gasteiger partial charge in [-0.15, -0.1) is 0 Å². The Hall–Kier alpha value is -0.500. The van der Waals surface area contributed by atoms with Crippen LogP contribution >= 0.6 is 55.1 Å². The lowest BCUT2D eigenvalue weighted by Crippen LogP contribution is -2.07. The lowest BCUT2D eigenvalue weighted by atomic mass is 10.1. The number of benzene rings is 1. The van der Waals surface area contributed by atoms with E-state index in [9.17, 15) is 13.2 Å². The van der Waals surface area contributed by atoms with Gasteiger partial charge in [0.15, 0.2) is 0 Å². The molecule has 2 nitrogen and oxygen atoms in total. The molecule has 0 aliphatic heterocycles. The fourth-order valence-corrected chi connectivity index (χ4v) is 4.24. The van der Waals surface area contributed by atoms with Crippen LogP contribution in [-0.2, 0) is 6.18 Å². The minimum atomic E-state index is -4.52. The highest BCUT2D eigenvalue weighted by atomic mass is 79.9. The molecule has 0 radical (unpaired) electrons. The predicted molar refractivity (Wildman–Crippen MR) is 96.6 cm³/mol. The second kappa shape index (κ2) is 6.04. The lowest BCUT2D eigenvalue weighted by molar-refractivity contribution is -0.137. The van der Waals surface area contributed by atoms with Gasteiger partial charge in [0.2, 0.25) is 0 Å². The van der Waals surface area contributed by atoms with Crippen LogP contribution in [-0.4, -0.2) is 13.0 Å². The van der Waals surface area contributed by atoms with Crippen molar-refractivity contribution in [2.24, 2.45) is 0 Å². The second-order valence-corrected chi connectivity index (χ2v) is 10.1. The van der Waals surface area contributed by atoms with Crippen molar-refractivity contribution in [1.82, 2.24) is 9.78 Å². The molecular weight excluding hydrogens is 496 g/mol. The van der Waals surface area contributed by atoms with Gasteiger partial charge < -0.3 is 0 Å². The molecule has 2 aromatic rings. The molecule has 3 rings (SSSR count).